The molecule has 0 aromatic carbocycles. The fourth-order valence-corrected chi connectivity index (χ4v) is 0. The number of hydrogen-bond donors (Lipinski definition) is 0. The van der Waals surface area contributed by atoms with Crippen molar-refractivity contribution in [1.82, 2.24) is 0 Å². The molecule has 4 N–H and O–H groups in total. The van der Waals surface area contributed by atoms with Gasteiger partial charge in [-0.3, -0.25) is 0 Å². The quantitative estimate of drug-likeness (QED) is 0.333. The Morgan fingerprint density at radius 1 is 0.750 bits per heavy atom. The molecule has 0 spiro atoms. The minimum absolute atomic E-state index is 0. The van der Waals surface area contributed by atoms with E-state index in [1.165, 1.54) is 0 Å². The summed E-state index contributed by atoms with van der Waals surface area (Å²) < 4.78 is 0. The predicted octanol–water partition coefficient (Wildman–Crippen LogP) is -1.96. The maximum atomic E-state index is 0. The molecule has 0 aliphatic carbocycles. The van der Waals surface area contributed by atoms with Gasteiger partial charge in [0.15, 0.2) is 0 Å². The Balaban J connectivity index is 0. The first kappa shape index (κ1) is 32.0. The molecule has 0 bridgehead atoms. The summed E-state index contributed by atoms with van der Waals surface area (Å²) in [5, 5.41) is 0. The van der Waals surface area contributed by atoms with Crippen LogP contribution in [0.5, 0.6) is 0 Å². The molecular weight excluding hydrogens is 112 g/mol. The van der Waals surface area contributed by atoms with Crippen LogP contribution in [-0.2, 0) is 0 Å². The van der Waals surface area contributed by atoms with Gasteiger partial charge in [0.05, 0.1) is 0 Å². The van der Waals surface area contributed by atoms with Crippen molar-refractivity contribution in [3.63, 3.8) is 0 Å². The molecule has 0 aliphatic rings. The van der Waals surface area contributed by atoms with Gasteiger partial charge >= 0.3 is 75.5 Å². The van der Waals surface area contributed by atoms with Gasteiger partial charge in [-0.25, -0.2) is 0 Å². The Morgan fingerprint density at radius 2 is 0.750 bits per heavy atom. The molecule has 0 amide bonds. The van der Waals surface area contributed by atoms with E-state index in [0.29, 0.717) is 0 Å². The van der Waals surface area contributed by atoms with Gasteiger partial charge in [-0.15, -0.1) is 0 Å². The van der Waals surface area contributed by atoms with Gasteiger partial charge in [0.2, 0.25) is 0 Å². The molecule has 0 saturated carbocycles. The van der Waals surface area contributed by atoms with Gasteiger partial charge in [0, 0.05) is 0 Å². The van der Waals surface area contributed by atoms with Crippen molar-refractivity contribution in [2.45, 2.75) is 0 Å². The first-order chi connectivity index (χ1) is 0. The molecule has 4 heavy (non-hydrogen) atoms. The Kier molecular flexibility index (Phi) is 144. The van der Waals surface area contributed by atoms with E-state index < -0.39 is 0 Å². The number of hydrogen-bond acceptors (Lipinski definition) is 0. The van der Waals surface area contributed by atoms with Gasteiger partial charge < -0.3 is 16.7 Å². The maximum Gasteiger partial charge on any atom is 2.00 e. The van der Waals surface area contributed by atoms with E-state index in [1.807, 2.05) is 0 Å². The third-order valence-electron chi connectivity index (χ3n) is 0. The molecule has 0 fully saturated rings. The van der Waals surface area contributed by atoms with E-state index >= 15 is 0 Å². The van der Waals surface area contributed by atoms with E-state index in [-0.39, 0.29) is 92.1 Å². The Morgan fingerprint density at radius 3 is 0.750 bits per heavy atom. The second-order valence-corrected chi connectivity index (χ2v) is 0. The SMILES string of the molecule is O.O.[Ca+2].[Ca+2].[H-].[H-].[H-].[H-]. The third kappa shape index (κ3) is 8.83. The monoisotopic (exact) mass is 120 g/mol. The van der Waals surface area contributed by atoms with Crippen LogP contribution in [-0.4, -0.2) is 86.4 Å². The summed E-state index contributed by atoms with van der Waals surface area (Å²) in [5.74, 6) is 0. The Bertz CT molecular complexity index is 12.0. The minimum atomic E-state index is 0. The maximum absolute atomic E-state index is 0. The van der Waals surface area contributed by atoms with E-state index in [0.717, 1.165) is 0 Å². The van der Waals surface area contributed by atoms with Gasteiger partial charge in [-0.1, -0.05) is 0 Å². The summed E-state index contributed by atoms with van der Waals surface area (Å²) in [6.07, 6.45) is 0. The van der Waals surface area contributed by atoms with Crippen LogP contribution >= 0.6 is 0 Å². The zero-order chi connectivity index (χ0) is 0. The summed E-state index contributed by atoms with van der Waals surface area (Å²) in [7, 11) is 0. The fourth-order valence-electron chi connectivity index (χ4n) is 0. The van der Waals surface area contributed by atoms with Crippen molar-refractivity contribution >= 4 is 75.5 Å². The molecule has 0 rings (SSSR count). The first-order valence-corrected chi connectivity index (χ1v) is 0. The van der Waals surface area contributed by atoms with Crippen molar-refractivity contribution in [2.75, 3.05) is 0 Å². The largest absolute Gasteiger partial charge is 2.00 e. The van der Waals surface area contributed by atoms with E-state index in [4.69, 9.17) is 0 Å². The Hall–Kier alpha value is 2.44. The van der Waals surface area contributed by atoms with Crippen LogP contribution in [0.25, 0.3) is 0 Å². The zero-order valence-corrected chi connectivity index (χ0v) is 6.83. The van der Waals surface area contributed by atoms with E-state index in [1.54, 1.807) is 0 Å². The molecule has 0 aromatic rings. The van der Waals surface area contributed by atoms with E-state index in [9.17, 15) is 0 Å². The molecule has 2 nitrogen and oxygen atoms in total. The van der Waals surface area contributed by atoms with Crippen molar-refractivity contribution in [2.24, 2.45) is 0 Å². The fraction of sp³-hybridized carbons (Fsp3) is 0. The summed E-state index contributed by atoms with van der Waals surface area (Å²) in [6.45, 7) is 0. The molecule has 0 heterocycles. The molecule has 24 valence electrons. The van der Waals surface area contributed by atoms with E-state index in [2.05, 4.69) is 0 Å². The minimum Gasteiger partial charge on any atom is -1.00 e. The van der Waals surface area contributed by atoms with Crippen LogP contribution in [0.15, 0.2) is 0 Å². The summed E-state index contributed by atoms with van der Waals surface area (Å²) >= 11 is 0. The zero-order valence-electron chi connectivity index (χ0n) is 6.41. The van der Waals surface area contributed by atoms with Gasteiger partial charge in [0.25, 0.3) is 0 Å². The van der Waals surface area contributed by atoms with Crippen LogP contribution in [0, 0.1) is 0 Å². The van der Waals surface area contributed by atoms with Crippen LogP contribution in [0.3, 0.4) is 0 Å². The molecule has 0 unspecified atom stereocenters. The standard InChI is InChI=1S/2Ca.2H2O.4H/h;;2*1H2;;;;/q2*+2;;;4*-1. The molecule has 0 atom stereocenters. The van der Waals surface area contributed by atoms with Crippen molar-refractivity contribution in [3.05, 3.63) is 0 Å². The smallest absolute Gasteiger partial charge is 1.00 e. The second-order valence-electron chi connectivity index (χ2n) is 0. The van der Waals surface area contributed by atoms with Crippen LogP contribution in [0.1, 0.15) is 5.71 Å². The molecule has 0 saturated heterocycles. The van der Waals surface area contributed by atoms with Crippen LogP contribution < -0.4 is 0 Å². The normalized spacial score (nSPS) is 0. The average molecular weight is 120 g/mol. The van der Waals surface area contributed by atoms with Crippen LogP contribution in [0.4, 0.5) is 0 Å². The van der Waals surface area contributed by atoms with Gasteiger partial charge in [0.1, 0.15) is 0 Å². The summed E-state index contributed by atoms with van der Waals surface area (Å²) in [4.78, 5) is 0. The summed E-state index contributed by atoms with van der Waals surface area (Å²) in [5.41, 5.74) is 0. The predicted molar refractivity (Wildman–Crippen MR) is 23.2 cm³/mol. The molecule has 0 radical (unpaired) electrons. The molecule has 0 aliphatic heterocycles. The van der Waals surface area contributed by atoms with Crippen molar-refractivity contribution < 1.29 is 16.7 Å². The van der Waals surface area contributed by atoms with Gasteiger partial charge in [-0.05, 0) is 0 Å². The molecular formula is H8Ca2O2. The Labute approximate surface area is 90.5 Å². The molecule has 4 heteroatoms. The molecule has 0 aromatic heterocycles. The summed E-state index contributed by atoms with van der Waals surface area (Å²) in [6, 6.07) is 0. The second kappa shape index (κ2) is 18.0. The van der Waals surface area contributed by atoms with Crippen molar-refractivity contribution in [3.8, 4) is 0 Å². The topological polar surface area (TPSA) is 63.0 Å². The first-order valence-electron chi connectivity index (χ1n) is 0. The third-order valence-corrected chi connectivity index (χ3v) is 0. The number of rotatable bonds is 0. The van der Waals surface area contributed by atoms with Gasteiger partial charge in [-0.2, -0.15) is 0 Å². The van der Waals surface area contributed by atoms with Crippen molar-refractivity contribution in [1.29, 1.82) is 0 Å². The average Bonchev–Trinajstić information content (AvgIpc) is 0. The van der Waals surface area contributed by atoms with Crippen LogP contribution in [0.2, 0.25) is 0 Å².